The van der Waals surface area contributed by atoms with Crippen LogP contribution in [0, 0.1) is 0 Å². The van der Waals surface area contributed by atoms with Crippen LogP contribution in [0.25, 0.3) is 0 Å². The maximum atomic E-state index is 10.1. The molecule has 4 heteroatoms. The standard InChI is InChI=1S/C14H23N3O/c1-3-15-13-7-4-6-12(16-13)10-17-9-5-8-14(2,18)11-17/h4,6-7,18H,3,5,8-11H2,1-2H3,(H,15,16). The van der Waals surface area contributed by atoms with Crippen molar-refractivity contribution in [2.24, 2.45) is 0 Å². The van der Waals surface area contributed by atoms with Gasteiger partial charge in [-0.1, -0.05) is 6.07 Å². The second kappa shape index (κ2) is 5.67. The molecule has 1 aromatic rings. The predicted octanol–water partition coefficient (Wildman–Crippen LogP) is 1.86. The molecule has 2 rings (SSSR count). The number of anilines is 1. The van der Waals surface area contributed by atoms with Crippen molar-refractivity contribution in [1.29, 1.82) is 0 Å². The lowest BCUT2D eigenvalue weighted by Gasteiger charge is -2.36. The number of likely N-dealkylation sites (tertiary alicyclic amines) is 1. The van der Waals surface area contributed by atoms with Crippen LogP contribution >= 0.6 is 0 Å². The minimum Gasteiger partial charge on any atom is -0.389 e. The first kappa shape index (κ1) is 13.3. The first-order valence-corrected chi connectivity index (χ1v) is 6.73. The van der Waals surface area contributed by atoms with Gasteiger partial charge in [-0.2, -0.15) is 0 Å². The second-order valence-corrected chi connectivity index (χ2v) is 5.36. The Bertz CT molecular complexity index is 392. The molecule has 18 heavy (non-hydrogen) atoms. The molecule has 1 saturated heterocycles. The summed E-state index contributed by atoms with van der Waals surface area (Å²) in [6.07, 6.45) is 1.95. The maximum absolute atomic E-state index is 10.1. The average molecular weight is 249 g/mol. The summed E-state index contributed by atoms with van der Waals surface area (Å²) in [4.78, 5) is 6.85. The van der Waals surface area contributed by atoms with E-state index in [-0.39, 0.29) is 0 Å². The zero-order chi connectivity index (χ0) is 13.0. The Morgan fingerprint density at radius 3 is 3.06 bits per heavy atom. The molecule has 1 aliphatic heterocycles. The Kier molecular flexibility index (Phi) is 4.19. The number of nitrogens with one attached hydrogen (secondary N) is 1. The number of aromatic nitrogens is 1. The topological polar surface area (TPSA) is 48.4 Å². The maximum Gasteiger partial charge on any atom is 0.126 e. The quantitative estimate of drug-likeness (QED) is 0.855. The number of hydrogen-bond acceptors (Lipinski definition) is 4. The molecule has 1 aromatic heterocycles. The minimum absolute atomic E-state index is 0.544. The van der Waals surface area contributed by atoms with Gasteiger partial charge >= 0.3 is 0 Å². The second-order valence-electron chi connectivity index (χ2n) is 5.36. The first-order valence-electron chi connectivity index (χ1n) is 6.73. The van der Waals surface area contributed by atoms with Crippen LogP contribution in [0.1, 0.15) is 32.4 Å². The van der Waals surface area contributed by atoms with Crippen molar-refractivity contribution in [1.82, 2.24) is 9.88 Å². The van der Waals surface area contributed by atoms with Crippen LogP contribution in [-0.4, -0.2) is 40.2 Å². The molecular formula is C14H23N3O. The van der Waals surface area contributed by atoms with Crippen LogP contribution in [-0.2, 0) is 6.54 Å². The summed E-state index contributed by atoms with van der Waals surface area (Å²) in [7, 11) is 0. The van der Waals surface area contributed by atoms with Crippen molar-refractivity contribution in [2.75, 3.05) is 25.0 Å². The molecule has 0 spiro atoms. The Morgan fingerprint density at radius 1 is 1.50 bits per heavy atom. The highest BCUT2D eigenvalue weighted by Crippen LogP contribution is 2.21. The van der Waals surface area contributed by atoms with Crippen LogP contribution in [0.15, 0.2) is 18.2 Å². The van der Waals surface area contributed by atoms with Crippen molar-refractivity contribution in [3.63, 3.8) is 0 Å². The number of piperidine rings is 1. The molecule has 0 aromatic carbocycles. The lowest BCUT2D eigenvalue weighted by atomic mass is 9.95. The van der Waals surface area contributed by atoms with Crippen LogP contribution in [0.3, 0.4) is 0 Å². The molecule has 0 saturated carbocycles. The van der Waals surface area contributed by atoms with Gasteiger partial charge in [-0.15, -0.1) is 0 Å². The molecule has 0 bridgehead atoms. The van der Waals surface area contributed by atoms with Crippen molar-refractivity contribution in [3.8, 4) is 0 Å². The van der Waals surface area contributed by atoms with Crippen LogP contribution < -0.4 is 5.32 Å². The summed E-state index contributed by atoms with van der Waals surface area (Å²) in [5.41, 5.74) is 0.517. The Morgan fingerprint density at radius 2 is 2.33 bits per heavy atom. The van der Waals surface area contributed by atoms with E-state index >= 15 is 0 Å². The number of β-amino-alcohol motifs (C(OH)–C–C–N with tert-alkyl or cyclic N) is 1. The van der Waals surface area contributed by atoms with Crippen LogP contribution in [0.5, 0.6) is 0 Å². The lowest BCUT2D eigenvalue weighted by molar-refractivity contribution is -0.0184. The Hall–Kier alpha value is -1.13. The number of aliphatic hydroxyl groups is 1. The van der Waals surface area contributed by atoms with Gasteiger partial charge in [0.25, 0.3) is 0 Å². The van der Waals surface area contributed by atoms with Crippen LogP contribution in [0.4, 0.5) is 5.82 Å². The Labute approximate surface area is 109 Å². The fourth-order valence-corrected chi connectivity index (χ4v) is 2.53. The fourth-order valence-electron chi connectivity index (χ4n) is 2.53. The van der Waals surface area contributed by atoms with Crippen LogP contribution in [0.2, 0.25) is 0 Å². The molecule has 0 amide bonds. The first-order chi connectivity index (χ1) is 8.59. The smallest absolute Gasteiger partial charge is 0.126 e. The average Bonchev–Trinajstić information content (AvgIpc) is 2.28. The zero-order valence-electron chi connectivity index (χ0n) is 11.3. The van der Waals surface area contributed by atoms with Gasteiger partial charge in [0.05, 0.1) is 11.3 Å². The van der Waals surface area contributed by atoms with Gasteiger partial charge in [0.2, 0.25) is 0 Å². The van der Waals surface area contributed by atoms with Gasteiger partial charge in [0.1, 0.15) is 5.82 Å². The van der Waals surface area contributed by atoms with Gasteiger partial charge in [0.15, 0.2) is 0 Å². The lowest BCUT2D eigenvalue weighted by Crippen LogP contribution is -2.45. The molecule has 1 fully saturated rings. The van der Waals surface area contributed by atoms with Crippen molar-refractivity contribution in [2.45, 2.75) is 38.8 Å². The van der Waals surface area contributed by atoms with E-state index in [4.69, 9.17) is 0 Å². The molecule has 2 N–H and O–H groups in total. The van der Waals surface area contributed by atoms with E-state index in [9.17, 15) is 5.11 Å². The van der Waals surface area contributed by atoms with E-state index in [2.05, 4.69) is 22.1 Å². The third-order valence-corrected chi connectivity index (χ3v) is 3.30. The molecule has 1 unspecified atom stereocenters. The monoisotopic (exact) mass is 249 g/mol. The molecule has 1 atom stereocenters. The number of pyridine rings is 1. The van der Waals surface area contributed by atoms with Crippen molar-refractivity contribution in [3.05, 3.63) is 23.9 Å². The minimum atomic E-state index is -0.544. The van der Waals surface area contributed by atoms with Crippen molar-refractivity contribution < 1.29 is 5.11 Å². The van der Waals surface area contributed by atoms with Gasteiger partial charge in [0, 0.05) is 19.6 Å². The molecule has 4 nitrogen and oxygen atoms in total. The van der Waals surface area contributed by atoms with E-state index in [1.165, 1.54) is 0 Å². The molecule has 2 heterocycles. The Balaban J connectivity index is 1.98. The SMILES string of the molecule is CCNc1cccc(CN2CCCC(C)(O)C2)n1. The van der Waals surface area contributed by atoms with E-state index in [1.807, 2.05) is 25.1 Å². The number of nitrogens with zero attached hydrogens (tertiary/aromatic N) is 2. The van der Waals surface area contributed by atoms with Gasteiger partial charge < -0.3 is 10.4 Å². The van der Waals surface area contributed by atoms with E-state index < -0.39 is 5.60 Å². The van der Waals surface area contributed by atoms with E-state index in [0.29, 0.717) is 0 Å². The predicted molar refractivity (Wildman–Crippen MR) is 73.5 cm³/mol. The normalized spacial score (nSPS) is 25.1. The summed E-state index contributed by atoms with van der Waals surface area (Å²) in [6.45, 7) is 7.46. The van der Waals surface area contributed by atoms with E-state index in [0.717, 1.165) is 50.5 Å². The largest absolute Gasteiger partial charge is 0.389 e. The number of rotatable bonds is 4. The van der Waals surface area contributed by atoms with E-state index in [1.54, 1.807) is 0 Å². The highest BCUT2D eigenvalue weighted by molar-refractivity contribution is 5.34. The summed E-state index contributed by atoms with van der Waals surface area (Å²) in [5, 5.41) is 13.3. The molecule has 0 radical (unpaired) electrons. The van der Waals surface area contributed by atoms with Crippen molar-refractivity contribution >= 4 is 5.82 Å². The molecule has 0 aliphatic carbocycles. The molecular weight excluding hydrogens is 226 g/mol. The summed E-state index contributed by atoms with van der Waals surface area (Å²) in [6, 6.07) is 6.06. The molecule has 100 valence electrons. The summed E-state index contributed by atoms with van der Waals surface area (Å²) < 4.78 is 0. The number of hydrogen-bond donors (Lipinski definition) is 2. The van der Waals surface area contributed by atoms with Gasteiger partial charge in [-0.25, -0.2) is 4.98 Å². The highest BCUT2D eigenvalue weighted by Gasteiger charge is 2.28. The molecule has 1 aliphatic rings. The van der Waals surface area contributed by atoms with Gasteiger partial charge in [-0.05, 0) is 45.4 Å². The highest BCUT2D eigenvalue weighted by atomic mass is 16.3. The third-order valence-electron chi connectivity index (χ3n) is 3.30. The zero-order valence-corrected chi connectivity index (χ0v) is 11.3. The summed E-state index contributed by atoms with van der Waals surface area (Å²) in [5.74, 6) is 0.929. The van der Waals surface area contributed by atoms with Gasteiger partial charge in [-0.3, -0.25) is 4.90 Å². The fraction of sp³-hybridized carbons (Fsp3) is 0.643. The summed E-state index contributed by atoms with van der Waals surface area (Å²) >= 11 is 0. The third kappa shape index (κ3) is 3.68.